The smallest absolute Gasteiger partial charge is 0.309 e. The molecule has 0 unspecified atom stereocenters. The second-order valence-corrected chi connectivity index (χ2v) is 5.54. The Morgan fingerprint density at radius 1 is 0.815 bits per heavy atom. The number of rotatable bonds is 7. The lowest BCUT2D eigenvalue weighted by molar-refractivity contribution is -0.139. The zero-order valence-electron chi connectivity index (χ0n) is 15.4. The van der Waals surface area contributed by atoms with Crippen LogP contribution in [0, 0.1) is 0 Å². The van der Waals surface area contributed by atoms with E-state index in [0.717, 1.165) is 0 Å². The van der Waals surface area contributed by atoms with E-state index in [4.69, 9.17) is 14.2 Å². The zero-order chi connectivity index (χ0) is 19.8. The Kier molecular flexibility index (Phi) is 6.87. The van der Waals surface area contributed by atoms with Gasteiger partial charge < -0.3 is 30.0 Å². The number of carbonyl (C=O) groups excluding carboxylic acids is 2. The van der Waals surface area contributed by atoms with E-state index in [1.807, 2.05) is 0 Å². The third kappa shape index (κ3) is 5.27. The number of phenolic OH excluding ortho intramolecular Hbond substituents is 1. The second kappa shape index (κ2) is 9.33. The van der Waals surface area contributed by atoms with Crippen molar-refractivity contribution in [3.8, 4) is 23.0 Å². The summed E-state index contributed by atoms with van der Waals surface area (Å²) in [6.45, 7) is 0.212. The monoisotopic (exact) mass is 374 g/mol. The first-order chi connectivity index (χ1) is 13.0. The topological polar surface area (TPSA) is 106 Å². The summed E-state index contributed by atoms with van der Waals surface area (Å²) in [4.78, 5) is 24.0. The van der Waals surface area contributed by atoms with E-state index in [1.54, 1.807) is 31.4 Å². The van der Waals surface area contributed by atoms with Gasteiger partial charge in [-0.15, -0.1) is 0 Å². The van der Waals surface area contributed by atoms with Crippen LogP contribution in [0.25, 0.3) is 0 Å². The van der Waals surface area contributed by atoms with Crippen LogP contribution in [-0.4, -0.2) is 38.3 Å². The third-order valence-electron chi connectivity index (χ3n) is 3.85. The molecule has 0 bridgehead atoms. The molecule has 0 saturated heterocycles. The van der Waals surface area contributed by atoms with Gasteiger partial charge in [0.15, 0.2) is 0 Å². The Labute approximate surface area is 157 Å². The van der Waals surface area contributed by atoms with Gasteiger partial charge >= 0.3 is 11.8 Å². The van der Waals surface area contributed by atoms with Gasteiger partial charge in [0.1, 0.15) is 23.0 Å². The molecule has 144 valence electrons. The van der Waals surface area contributed by atoms with Crippen molar-refractivity contribution in [2.75, 3.05) is 21.3 Å². The summed E-state index contributed by atoms with van der Waals surface area (Å²) in [5, 5.41) is 14.5. The molecule has 0 aliphatic heterocycles. The number of hydrogen-bond acceptors (Lipinski definition) is 6. The first-order valence-electron chi connectivity index (χ1n) is 8.11. The molecule has 2 aromatic carbocycles. The molecule has 0 aliphatic rings. The molecule has 0 spiro atoms. The maximum atomic E-state index is 12.0. The normalized spacial score (nSPS) is 10.0. The van der Waals surface area contributed by atoms with Crippen molar-refractivity contribution in [3.63, 3.8) is 0 Å². The Balaban J connectivity index is 1.92. The molecule has 0 fully saturated rings. The van der Waals surface area contributed by atoms with E-state index in [9.17, 15) is 14.7 Å². The second-order valence-electron chi connectivity index (χ2n) is 5.54. The summed E-state index contributed by atoms with van der Waals surface area (Å²) < 4.78 is 15.5. The molecular weight excluding hydrogens is 352 g/mol. The van der Waals surface area contributed by atoms with Crippen LogP contribution < -0.4 is 24.8 Å². The lowest BCUT2D eigenvalue weighted by atomic mass is 10.2. The molecule has 27 heavy (non-hydrogen) atoms. The van der Waals surface area contributed by atoms with E-state index in [-0.39, 0.29) is 18.8 Å². The zero-order valence-corrected chi connectivity index (χ0v) is 15.4. The van der Waals surface area contributed by atoms with Gasteiger partial charge in [-0.3, -0.25) is 9.59 Å². The Bertz CT molecular complexity index is 822. The van der Waals surface area contributed by atoms with Gasteiger partial charge in [-0.2, -0.15) is 0 Å². The van der Waals surface area contributed by atoms with Gasteiger partial charge in [0.05, 0.1) is 21.3 Å². The predicted molar refractivity (Wildman–Crippen MR) is 97.9 cm³/mol. The minimum atomic E-state index is -0.780. The third-order valence-corrected chi connectivity index (χ3v) is 3.85. The molecule has 3 N–H and O–H groups in total. The van der Waals surface area contributed by atoms with Gasteiger partial charge in [0.25, 0.3) is 0 Å². The molecule has 2 aromatic rings. The van der Waals surface area contributed by atoms with Crippen LogP contribution in [0.5, 0.6) is 23.0 Å². The van der Waals surface area contributed by atoms with Gasteiger partial charge in [-0.05, 0) is 24.3 Å². The highest BCUT2D eigenvalue weighted by Crippen LogP contribution is 2.25. The van der Waals surface area contributed by atoms with Gasteiger partial charge in [-0.1, -0.05) is 0 Å². The average Bonchev–Trinajstić information content (AvgIpc) is 2.70. The van der Waals surface area contributed by atoms with Crippen LogP contribution in [-0.2, 0) is 22.7 Å². The fourth-order valence-electron chi connectivity index (χ4n) is 2.39. The Morgan fingerprint density at radius 3 is 1.85 bits per heavy atom. The van der Waals surface area contributed by atoms with Crippen molar-refractivity contribution < 1.29 is 28.9 Å². The fourth-order valence-corrected chi connectivity index (χ4v) is 2.39. The molecule has 2 amide bonds. The number of ether oxygens (including phenoxy) is 3. The number of phenols is 1. The maximum absolute atomic E-state index is 12.0. The van der Waals surface area contributed by atoms with E-state index in [0.29, 0.717) is 28.4 Å². The highest BCUT2D eigenvalue weighted by Gasteiger charge is 2.15. The molecule has 0 radical (unpaired) electrons. The van der Waals surface area contributed by atoms with E-state index < -0.39 is 11.8 Å². The Hall–Kier alpha value is -3.42. The average molecular weight is 374 g/mol. The molecule has 0 aromatic heterocycles. The SMILES string of the molecule is COc1ccc(CNC(=O)C(=O)NCc2ccc(O)cc2OC)c(OC)c1. The molecular formula is C19H22N2O6. The number of aromatic hydroxyl groups is 1. The number of carbonyl (C=O) groups is 2. The van der Waals surface area contributed by atoms with Gasteiger partial charge in [0, 0.05) is 36.3 Å². The summed E-state index contributed by atoms with van der Waals surface area (Å²) in [7, 11) is 4.51. The summed E-state index contributed by atoms with van der Waals surface area (Å²) in [5.74, 6) is 0.0846. The first-order valence-corrected chi connectivity index (χ1v) is 8.11. The van der Waals surface area contributed by atoms with E-state index in [1.165, 1.54) is 26.4 Å². The molecule has 0 atom stereocenters. The predicted octanol–water partition coefficient (Wildman–Crippen LogP) is 1.35. The summed E-state index contributed by atoms with van der Waals surface area (Å²) in [6, 6.07) is 9.68. The number of nitrogens with one attached hydrogen (secondary N) is 2. The van der Waals surface area contributed by atoms with E-state index >= 15 is 0 Å². The number of methoxy groups -OCH3 is 3. The van der Waals surface area contributed by atoms with Crippen molar-refractivity contribution in [2.24, 2.45) is 0 Å². The van der Waals surface area contributed by atoms with Crippen LogP contribution in [0.1, 0.15) is 11.1 Å². The highest BCUT2D eigenvalue weighted by atomic mass is 16.5. The van der Waals surface area contributed by atoms with Crippen molar-refractivity contribution in [1.82, 2.24) is 10.6 Å². The minimum absolute atomic E-state index is 0.0492. The van der Waals surface area contributed by atoms with Crippen molar-refractivity contribution in [2.45, 2.75) is 13.1 Å². The lowest BCUT2D eigenvalue weighted by Crippen LogP contribution is -2.39. The first kappa shape index (κ1) is 19.9. The van der Waals surface area contributed by atoms with E-state index in [2.05, 4.69) is 10.6 Å². The Morgan fingerprint density at radius 2 is 1.33 bits per heavy atom. The number of hydrogen-bond donors (Lipinski definition) is 3. The highest BCUT2D eigenvalue weighted by molar-refractivity contribution is 6.35. The lowest BCUT2D eigenvalue weighted by Gasteiger charge is -2.12. The van der Waals surface area contributed by atoms with Crippen molar-refractivity contribution in [3.05, 3.63) is 47.5 Å². The summed E-state index contributed by atoms with van der Waals surface area (Å²) in [6.07, 6.45) is 0. The van der Waals surface area contributed by atoms with Gasteiger partial charge in [-0.25, -0.2) is 0 Å². The number of benzene rings is 2. The molecule has 0 saturated carbocycles. The maximum Gasteiger partial charge on any atom is 0.309 e. The van der Waals surface area contributed by atoms with Crippen molar-refractivity contribution >= 4 is 11.8 Å². The number of amides is 2. The molecule has 2 rings (SSSR count). The van der Waals surface area contributed by atoms with Crippen molar-refractivity contribution in [1.29, 1.82) is 0 Å². The standard InChI is InChI=1S/C19H22N2O6/c1-25-15-7-5-13(17(9-15)27-3)11-21-19(24)18(23)20-10-12-4-6-14(22)8-16(12)26-2/h4-9,22H,10-11H2,1-3H3,(H,20,23)(H,21,24). The largest absolute Gasteiger partial charge is 0.508 e. The van der Waals surface area contributed by atoms with Crippen LogP contribution in [0.2, 0.25) is 0 Å². The minimum Gasteiger partial charge on any atom is -0.508 e. The molecule has 0 heterocycles. The van der Waals surface area contributed by atoms with Crippen LogP contribution in [0.3, 0.4) is 0 Å². The van der Waals surface area contributed by atoms with Crippen LogP contribution in [0.4, 0.5) is 0 Å². The quantitative estimate of drug-likeness (QED) is 0.632. The fraction of sp³-hybridized carbons (Fsp3) is 0.263. The van der Waals surface area contributed by atoms with Crippen LogP contribution >= 0.6 is 0 Å². The molecule has 8 nitrogen and oxygen atoms in total. The molecule has 0 aliphatic carbocycles. The van der Waals surface area contributed by atoms with Crippen LogP contribution in [0.15, 0.2) is 36.4 Å². The summed E-state index contributed by atoms with van der Waals surface area (Å²) in [5.41, 5.74) is 1.34. The summed E-state index contributed by atoms with van der Waals surface area (Å²) >= 11 is 0. The molecule has 8 heteroatoms. The van der Waals surface area contributed by atoms with Gasteiger partial charge in [0.2, 0.25) is 0 Å².